The Balaban J connectivity index is 3.16. The van der Waals surface area contributed by atoms with Crippen molar-refractivity contribution in [3.63, 3.8) is 0 Å². The molecule has 0 saturated carbocycles. The number of methoxy groups -OCH3 is 1. The van der Waals surface area contributed by atoms with Crippen LogP contribution >= 0.6 is 0 Å². The van der Waals surface area contributed by atoms with Gasteiger partial charge in [0.15, 0.2) is 0 Å². The maximum Gasteiger partial charge on any atom is 0.0477 e. The maximum absolute atomic E-state index is 5.53. The van der Waals surface area contributed by atoms with Gasteiger partial charge in [-0.15, -0.1) is 0 Å². The van der Waals surface area contributed by atoms with E-state index >= 15 is 0 Å². The number of ether oxygens (including phenoxy) is 1. The van der Waals surface area contributed by atoms with E-state index < -0.39 is 0 Å². The normalized spacial score (nSPS) is 12.8. The Bertz CT molecular complexity index is 165. The molecule has 0 heterocycles. The second kappa shape index (κ2) is 15.9. The molecule has 0 aromatic rings. The van der Waals surface area contributed by atoms with Gasteiger partial charge < -0.3 is 4.74 Å². The predicted molar refractivity (Wildman–Crippen MR) is 84.1 cm³/mol. The van der Waals surface area contributed by atoms with Gasteiger partial charge in [-0.25, -0.2) is 0 Å². The van der Waals surface area contributed by atoms with Crippen LogP contribution in [0.1, 0.15) is 84.0 Å². The summed E-state index contributed by atoms with van der Waals surface area (Å²) in [6.07, 6.45) is 16.1. The van der Waals surface area contributed by atoms with Gasteiger partial charge in [-0.05, 0) is 12.8 Å². The van der Waals surface area contributed by atoms with Gasteiger partial charge >= 0.3 is 0 Å². The van der Waals surface area contributed by atoms with Crippen LogP contribution in [0.15, 0.2) is 0 Å². The summed E-state index contributed by atoms with van der Waals surface area (Å²) in [5.74, 6) is 5.53. The molecule has 116 valence electrons. The summed E-state index contributed by atoms with van der Waals surface area (Å²) in [4.78, 5) is 0. The van der Waals surface area contributed by atoms with E-state index in [-0.39, 0.29) is 0 Å². The van der Waals surface area contributed by atoms with E-state index in [0.29, 0.717) is 6.04 Å². The Labute approximate surface area is 120 Å². The minimum atomic E-state index is 0.425. The second-order valence-electron chi connectivity index (χ2n) is 5.62. The summed E-state index contributed by atoms with van der Waals surface area (Å²) in [6, 6.07) is 0.425. The van der Waals surface area contributed by atoms with Crippen LogP contribution in [-0.4, -0.2) is 19.8 Å². The monoisotopic (exact) mass is 272 g/mol. The van der Waals surface area contributed by atoms with E-state index in [9.17, 15) is 0 Å². The standard InChI is InChI=1S/C16H36N2O/c1-3-4-5-6-7-8-9-10-11-12-13-16(18-17)14-15-19-2/h16,18H,3-15,17H2,1-2H3. The third-order valence-electron chi connectivity index (χ3n) is 3.81. The molecule has 0 spiro atoms. The summed E-state index contributed by atoms with van der Waals surface area (Å²) in [7, 11) is 1.74. The lowest BCUT2D eigenvalue weighted by Gasteiger charge is -2.14. The van der Waals surface area contributed by atoms with Crippen molar-refractivity contribution in [2.75, 3.05) is 13.7 Å². The molecule has 3 nitrogen and oxygen atoms in total. The molecule has 0 bridgehead atoms. The predicted octanol–water partition coefficient (Wildman–Crippen LogP) is 4.17. The van der Waals surface area contributed by atoms with Crippen molar-refractivity contribution in [1.29, 1.82) is 0 Å². The quantitative estimate of drug-likeness (QED) is 0.267. The van der Waals surface area contributed by atoms with E-state index in [0.717, 1.165) is 13.0 Å². The summed E-state index contributed by atoms with van der Waals surface area (Å²) in [5.41, 5.74) is 2.89. The second-order valence-corrected chi connectivity index (χ2v) is 5.62. The molecule has 3 N–H and O–H groups in total. The Morgan fingerprint density at radius 3 is 1.84 bits per heavy atom. The van der Waals surface area contributed by atoms with Crippen molar-refractivity contribution in [2.45, 2.75) is 90.0 Å². The fraction of sp³-hybridized carbons (Fsp3) is 1.00. The third kappa shape index (κ3) is 14.1. The minimum Gasteiger partial charge on any atom is -0.385 e. The number of nitrogens with one attached hydrogen (secondary N) is 1. The molecule has 0 amide bonds. The van der Waals surface area contributed by atoms with Gasteiger partial charge in [-0.1, -0.05) is 71.1 Å². The zero-order valence-electron chi connectivity index (χ0n) is 13.3. The van der Waals surface area contributed by atoms with Crippen LogP contribution < -0.4 is 11.3 Å². The molecule has 1 atom stereocenters. The zero-order valence-corrected chi connectivity index (χ0v) is 13.3. The first-order valence-electron chi connectivity index (χ1n) is 8.30. The highest BCUT2D eigenvalue weighted by Crippen LogP contribution is 2.12. The lowest BCUT2D eigenvalue weighted by Crippen LogP contribution is -2.35. The number of hydrogen-bond donors (Lipinski definition) is 2. The van der Waals surface area contributed by atoms with Gasteiger partial charge in [0.1, 0.15) is 0 Å². The summed E-state index contributed by atoms with van der Waals surface area (Å²) in [6.45, 7) is 3.07. The van der Waals surface area contributed by atoms with Crippen LogP contribution in [0, 0.1) is 0 Å². The summed E-state index contributed by atoms with van der Waals surface area (Å²) >= 11 is 0. The summed E-state index contributed by atoms with van der Waals surface area (Å²) in [5, 5.41) is 0. The molecule has 0 radical (unpaired) electrons. The Morgan fingerprint density at radius 2 is 1.37 bits per heavy atom. The molecule has 0 saturated heterocycles. The highest BCUT2D eigenvalue weighted by atomic mass is 16.5. The van der Waals surface area contributed by atoms with Crippen LogP contribution in [0.5, 0.6) is 0 Å². The molecular weight excluding hydrogens is 236 g/mol. The highest BCUT2D eigenvalue weighted by molar-refractivity contribution is 4.63. The number of nitrogens with two attached hydrogens (primary N) is 1. The molecule has 0 aliphatic carbocycles. The van der Waals surface area contributed by atoms with Gasteiger partial charge in [0.2, 0.25) is 0 Å². The van der Waals surface area contributed by atoms with Gasteiger partial charge in [0.25, 0.3) is 0 Å². The average Bonchev–Trinajstić information content (AvgIpc) is 2.44. The van der Waals surface area contributed by atoms with Gasteiger partial charge in [0, 0.05) is 19.8 Å². The van der Waals surface area contributed by atoms with Crippen molar-refractivity contribution in [2.24, 2.45) is 5.84 Å². The molecular formula is C16H36N2O. The van der Waals surface area contributed by atoms with Crippen LogP contribution in [0.3, 0.4) is 0 Å². The highest BCUT2D eigenvalue weighted by Gasteiger charge is 2.05. The zero-order chi connectivity index (χ0) is 14.2. The molecule has 3 heteroatoms. The van der Waals surface area contributed by atoms with Gasteiger partial charge in [-0.2, -0.15) is 0 Å². The molecule has 0 aromatic heterocycles. The Kier molecular flexibility index (Phi) is 15.8. The van der Waals surface area contributed by atoms with Crippen LogP contribution in [0.4, 0.5) is 0 Å². The fourth-order valence-electron chi connectivity index (χ4n) is 2.45. The molecule has 0 aliphatic heterocycles. The van der Waals surface area contributed by atoms with Crippen molar-refractivity contribution < 1.29 is 4.74 Å². The maximum atomic E-state index is 5.53. The van der Waals surface area contributed by atoms with Crippen molar-refractivity contribution in [3.05, 3.63) is 0 Å². The Morgan fingerprint density at radius 1 is 0.842 bits per heavy atom. The summed E-state index contributed by atoms with van der Waals surface area (Å²) < 4.78 is 5.08. The van der Waals surface area contributed by atoms with E-state index in [1.807, 2.05) is 0 Å². The van der Waals surface area contributed by atoms with E-state index in [2.05, 4.69) is 12.3 Å². The van der Waals surface area contributed by atoms with Crippen LogP contribution in [0.25, 0.3) is 0 Å². The van der Waals surface area contributed by atoms with E-state index in [1.54, 1.807) is 7.11 Å². The Hall–Kier alpha value is -0.120. The first-order valence-corrected chi connectivity index (χ1v) is 8.30. The lowest BCUT2D eigenvalue weighted by molar-refractivity contribution is 0.180. The van der Waals surface area contributed by atoms with Crippen molar-refractivity contribution in [1.82, 2.24) is 5.43 Å². The van der Waals surface area contributed by atoms with Crippen LogP contribution in [-0.2, 0) is 4.74 Å². The lowest BCUT2D eigenvalue weighted by atomic mass is 10.0. The SMILES string of the molecule is CCCCCCCCCCCCC(CCOC)NN. The topological polar surface area (TPSA) is 47.3 Å². The largest absolute Gasteiger partial charge is 0.385 e. The number of rotatable bonds is 15. The first kappa shape index (κ1) is 18.9. The van der Waals surface area contributed by atoms with Gasteiger partial charge in [-0.3, -0.25) is 11.3 Å². The molecule has 0 aliphatic rings. The number of hydrazine groups is 1. The van der Waals surface area contributed by atoms with Crippen LogP contribution in [0.2, 0.25) is 0 Å². The molecule has 0 fully saturated rings. The molecule has 0 rings (SSSR count). The smallest absolute Gasteiger partial charge is 0.0477 e. The minimum absolute atomic E-state index is 0.425. The third-order valence-corrected chi connectivity index (χ3v) is 3.81. The number of unbranched alkanes of at least 4 members (excludes halogenated alkanes) is 9. The molecule has 1 unspecified atom stereocenters. The fourth-order valence-corrected chi connectivity index (χ4v) is 2.45. The molecule has 19 heavy (non-hydrogen) atoms. The van der Waals surface area contributed by atoms with Gasteiger partial charge in [0.05, 0.1) is 0 Å². The number of hydrogen-bond acceptors (Lipinski definition) is 3. The van der Waals surface area contributed by atoms with E-state index in [1.165, 1.54) is 70.6 Å². The first-order chi connectivity index (χ1) is 9.35. The van der Waals surface area contributed by atoms with E-state index in [4.69, 9.17) is 10.6 Å². The van der Waals surface area contributed by atoms with Crippen molar-refractivity contribution >= 4 is 0 Å². The molecule has 0 aromatic carbocycles. The average molecular weight is 272 g/mol. The van der Waals surface area contributed by atoms with Crippen molar-refractivity contribution in [3.8, 4) is 0 Å².